The first-order valence-corrected chi connectivity index (χ1v) is 1.28. The van der Waals surface area contributed by atoms with Gasteiger partial charge in [-0.1, -0.05) is 6.92 Å². The fourth-order valence-corrected chi connectivity index (χ4v) is 0. The smallest absolute Gasteiger partial charge is 0.0618 e. The maximum absolute atomic E-state index is 7.62. The normalized spacial score (nSPS) is 4.00. The first-order chi connectivity index (χ1) is 1.91. The molecule has 2 heteroatoms. The zero-order valence-electron chi connectivity index (χ0n) is 3.03. The van der Waals surface area contributed by atoms with Gasteiger partial charge in [-0.3, -0.25) is 0 Å². The van der Waals surface area contributed by atoms with E-state index in [0.29, 0.717) is 6.42 Å². The minimum absolute atomic E-state index is 0. The molecule has 0 atom stereocenters. The highest BCUT2D eigenvalue weighted by Gasteiger charge is 1.49. The zero-order valence-corrected chi connectivity index (χ0v) is 4.62. The molecule has 5 heavy (non-hydrogen) atoms. The highest BCUT2D eigenvalue weighted by atomic mass is 79.9. The molecule has 0 aliphatic rings. The maximum atomic E-state index is 7.62. The average molecular weight is 135 g/mol. The lowest BCUT2D eigenvalue weighted by Gasteiger charge is -1.47. The molecule has 0 saturated heterocycles. The average Bonchev–Trinajstić information content (AvgIpc) is 1.37. The summed E-state index contributed by atoms with van der Waals surface area (Å²) in [4.78, 5) is 0. The van der Waals surface area contributed by atoms with Crippen molar-refractivity contribution in [3.8, 4) is 6.07 Å². The van der Waals surface area contributed by atoms with Gasteiger partial charge in [0.05, 0.1) is 6.07 Å². The van der Waals surface area contributed by atoms with E-state index in [-0.39, 0.29) is 17.0 Å². The largest absolute Gasteiger partial charge is 1.00 e. The Morgan fingerprint density at radius 1 is 1.80 bits per heavy atom. The van der Waals surface area contributed by atoms with Crippen LogP contribution < -0.4 is 17.0 Å². The summed E-state index contributed by atoms with van der Waals surface area (Å²) in [5.41, 5.74) is 0. The minimum atomic E-state index is 0. The summed E-state index contributed by atoms with van der Waals surface area (Å²) in [7, 11) is 0. The van der Waals surface area contributed by atoms with Gasteiger partial charge in [0.1, 0.15) is 0 Å². The van der Waals surface area contributed by atoms with Crippen LogP contribution in [-0.2, 0) is 0 Å². The Labute approximate surface area is 42.4 Å². The van der Waals surface area contributed by atoms with Crippen LogP contribution in [-0.4, -0.2) is 0 Å². The van der Waals surface area contributed by atoms with E-state index in [1.807, 2.05) is 13.0 Å². The summed E-state index contributed by atoms with van der Waals surface area (Å²) in [6, 6.07) is 1.93. The Kier molecular flexibility index (Phi) is 16.0. The number of rotatable bonds is 0. The molecule has 0 heterocycles. The van der Waals surface area contributed by atoms with Crippen LogP contribution in [0.5, 0.6) is 0 Å². The number of halogens is 1. The van der Waals surface area contributed by atoms with Crippen molar-refractivity contribution < 1.29 is 17.0 Å². The molecule has 0 aliphatic heterocycles. The second-order valence-corrected chi connectivity index (χ2v) is 0.512. The number of nitrogens with zero attached hydrogens (tertiary/aromatic N) is 1. The third-order valence-electron chi connectivity index (χ3n) is 0.158. The van der Waals surface area contributed by atoms with Gasteiger partial charge in [-0.05, 0) is 0 Å². The lowest BCUT2D eigenvalue weighted by molar-refractivity contribution is -0.00000119. The molecule has 0 unspecified atom stereocenters. The highest BCUT2D eigenvalue weighted by Crippen LogP contribution is 1.58. The Bertz CT molecular complexity index is 36.6. The molecule has 30 valence electrons. The fourth-order valence-electron chi connectivity index (χ4n) is 0. The van der Waals surface area contributed by atoms with E-state index in [4.69, 9.17) is 5.26 Å². The Morgan fingerprint density at radius 2 is 2.00 bits per heavy atom. The van der Waals surface area contributed by atoms with Crippen molar-refractivity contribution in [3.05, 3.63) is 0 Å². The quantitative estimate of drug-likeness (QED) is 0.374. The van der Waals surface area contributed by atoms with E-state index in [9.17, 15) is 0 Å². The van der Waals surface area contributed by atoms with E-state index in [1.165, 1.54) is 0 Å². The lowest BCUT2D eigenvalue weighted by Crippen LogP contribution is -3.00. The van der Waals surface area contributed by atoms with Crippen LogP contribution in [0, 0.1) is 11.3 Å². The summed E-state index contributed by atoms with van der Waals surface area (Å²) >= 11 is 0. The molecule has 1 nitrogen and oxygen atoms in total. The van der Waals surface area contributed by atoms with Gasteiger partial charge in [0.2, 0.25) is 0 Å². The van der Waals surface area contributed by atoms with Gasteiger partial charge in [-0.25, -0.2) is 0 Å². The topological polar surface area (TPSA) is 23.8 Å². The highest BCUT2D eigenvalue weighted by molar-refractivity contribution is 4.61. The molecular formula is C3H5BrN-. The molecule has 0 amide bonds. The second kappa shape index (κ2) is 9.02. The molecule has 0 fully saturated rings. The predicted octanol–water partition coefficient (Wildman–Crippen LogP) is -2.08. The Balaban J connectivity index is 0. The van der Waals surface area contributed by atoms with E-state index in [0.717, 1.165) is 0 Å². The number of hydrogen-bond donors (Lipinski definition) is 0. The van der Waals surface area contributed by atoms with Gasteiger partial charge >= 0.3 is 0 Å². The van der Waals surface area contributed by atoms with Crippen LogP contribution in [0.3, 0.4) is 0 Å². The summed E-state index contributed by atoms with van der Waals surface area (Å²) in [6.45, 7) is 1.82. The second-order valence-electron chi connectivity index (χ2n) is 0.512. The van der Waals surface area contributed by atoms with Crippen molar-refractivity contribution in [1.29, 1.82) is 5.26 Å². The molecule has 0 aliphatic carbocycles. The molecule has 0 spiro atoms. The summed E-state index contributed by atoms with van der Waals surface area (Å²) < 4.78 is 0. The Hall–Kier alpha value is -0.0300. The van der Waals surface area contributed by atoms with Crippen molar-refractivity contribution in [3.63, 3.8) is 0 Å². The molecule has 0 aromatic rings. The van der Waals surface area contributed by atoms with E-state index < -0.39 is 0 Å². The number of hydrogen-bond acceptors (Lipinski definition) is 1. The van der Waals surface area contributed by atoms with E-state index >= 15 is 0 Å². The molecule has 0 aromatic heterocycles. The van der Waals surface area contributed by atoms with Crippen LogP contribution >= 0.6 is 0 Å². The van der Waals surface area contributed by atoms with Crippen molar-refractivity contribution in [2.45, 2.75) is 13.3 Å². The van der Waals surface area contributed by atoms with Gasteiger partial charge in [0.25, 0.3) is 0 Å². The van der Waals surface area contributed by atoms with E-state index in [1.54, 1.807) is 0 Å². The minimum Gasteiger partial charge on any atom is -1.00 e. The Morgan fingerprint density at radius 3 is 2.00 bits per heavy atom. The first-order valence-electron chi connectivity index (χ1n) is 1.28. The van der Waals surface area contributed by atoms with Crippen LogP contribution in [0.15, 0.2) is 0 Å². The SMILES string of the molecule is CCC#N.[Br-]. The standard InChI is InChI=1S/C3H5N.BrH/c1-2-3-4;/h2H2,1H3;1H/p-1. The molecule has 0 bridgehead atoms. The summed E-state index contributed by atoms with van der Waals surface area (Å²) in [6.07, 6.45) is 0.625. The van der Waals surface area contributed by atoms with Crippen molar-refractivity contribution in [2.75, 3.05) is 0 Å². The van der Waals surface area contributed by atoms with Gasteiger partial charge in [0.15, 0.2) is 0 Å². The van der Waals surface area contributed by atoms with Crippen molar-refractivity contribution in [2.24, 2.45) is 0 Å². The van der Waals surface area contributed by atoms with Crippen LogP contribution in [0.1, 0.15) is 13.3 Å². The third kappa shape index (κ3) is 16.4. The van der Waals surface area contributed by atoms with Crippen LogP contribution in [0.2, 0.25) is 0 Å². The van der Waals surface area contributed by atoms with Crippen LogP contribution in [0.25, 0.3) is 0 Å². The predicted molar refractivity (Wildman–Crippen MR) is 15.9 cm³/mol. The van der Waals surface area contributed by atoms with Crippen LogP contribution in [0.4, 0.5) is 0 Å². The fraction of sp³-hybridized carbons (Fsp3) is 0.667. The zero-order chi connectivity index (χ0) is 3.41. The lowest BCUT2D eigenvalue weighted by atomic mass is 10.6. The third-order valence-corrected chi connectivity index (χ3v) is 0.158. The molecular weight excluding hydrogens is 130 g/mol. The summed E-state index contributed by atoms with van der Waals surface area (Å²) in [5.74, 6) is 0. The monoisotopic (exact) mass is 134 g/mol. The molecule has 0 radical (unpaired) electrons. The molecule has 0 saturated carbocycles. The first kappa shape index (κ1) is 8.88. The number of nitriles is 1. The van der Waals surface area contributed by atoms with Gasteiger partial charge in [-0.15, -0.1) is 0 Å². The molecule has 0 N–H and O–H groups in total. The maximum Gasteiger partial charge on any atom is 0.0618 e. The van der Waals surface area contributed by atoms with Crippen molar-refractivity contribution in [1.82, 2.24) is 0 Å². The van der Waals surface area contributed by atoms with Crippen molar-refractivity contribution >= 4 is 0 Å². The molecule has 0 rings (SSSR count). The van der Waals surface area contributed by atoms with Gasteiger partial charge < -0.3 is 17.0 Å². The van der Waals surface area contributed by atoms with E-state index in [2.05, 4.69) is 0 Å². The van der Waals surface area contributed by atoms with Gasteiger partial charge in [-0.2, -0.15) is 5.26 Å². The summed E-state index contributed by atoms with van der Waals surface area (Å²) in [5, 5.41) is 7.62. The molecule has 0 aromatic carbocycles. The van der Waals surface area contributed by atoms with Gasteiger partial charge in [0, 0.05) is 6.42 Å².